The molecule has 0 aromatic heterocycles. The predicted octanol–water partition coefficient (Wildman–Crippen LogP) is 1.27. The first kappa shape index (κ1) is 12.5. The summed E-state index contributed by atoms with van der Waals surface area (Å²) < 4.78 is 5.25. The molecule has 0 saturated carbocycles. The van der Waals surface area contributed by atoms with Crippen molar-refractivity contribution in [2.24, 2.45) is 0 Å². The number of aryl methyl sites for hydroxylation is 2. The summed E-state index contributed by atoms with van der Waals surface area (Å²) in [5, 5.41) is 8.84. The number of carbonyl (C=O) groups excluding carboxylic acids is 1. The quantitative estimate of drug-likeness (QED) is 0.839. The van der Waals surface area contributed by atoms with Gasteiger partial charge in [0.2, 0.25) is 0 Å². The van der Waals surface area contributed by atoms with E-state index in [-0.39, 0.29) is 5.91 Å². The highest BCUT2D eigenvalue weighted by molar-refractivity contribution is 5.96. The van der Waals surface area contributed by atoms with Crippen LogP contribution in [-0.4, -0.2) is 31.8 Å². The molecule has 0 atom stereocenters. The van der Waals surface area contributed by atoms with E-state index in [4.69, 9.17) is 9.84 Å². The zero-order valence-electron chi connectivity index (χ0n) is 10.1. The molecule has 4 heteroatoms. The molecule has 0 fully saturated rings. The molecule has 1 rings (SSSR count). The van der Waals surface area contributed by atoms with Crippen molar-refractivity contribution in [2.75, 3.05) is 25.7 Å². The van der Waals surface area contributed by atoms with Crippen molar-refractivity contribution in [3.05, 3.63) is 23.3 Å². The summed E-state index contributed by atoms with van der Waals surface area (Å²) in [4.78, 5) is 12.8. The third-order valence-electron chi connectivity index (χ3n) is 2.47. The van der Waals surface area contributed by atoms with Crippen molar-refractivity contribution in [3.8, 4) is 5.75 Å². The Hall–Kier alpha value is -1.55. The number of methoxy groups -OCH3 is 1. The third kappa shape index (κ3) is 2.33. The fourth-order valence-electron chi connectivity index (χ4n) is 1.74. The van der Waals surface area contributed by atoms with Crippen LogP contribution in [0.1, 0.15) is 11.1 Å². The summed E-state index contributed by atoms with van der Waals surface area (Å²) in [6, 6.07) is 3.84. The van der Waals surface area contributed by atoms with Crippen molar-refractivity contribution in [1.29, 1.82) is 0 Å². The van der Waals surface area contributed by atoms with Gasteiger partial charge in [-0.3, -0.25) is 4.79 Å². The summed E-state index contributed by atoms with van der Waals surface area (Å²) >= 11 is 0. The predicted molar refractivity (Wildman–Crippen MR) is 63.0 cm³/mol. The molecule has 0 aliphatic carbocycles. The zero-order chi connectivity index (χ0) is 12.3. The molecule has 0 heterocycles. The van der Waals surface area contributed by atoms with E-state index < -0.39 is 6.61 Å². The topological polar surface area (TPSA) is 49.8 Å². The van der Waals surface area contributed by atoms with E-state index in [0.717, 1.165) is 11.1 Å². The molecule has 16 heavy (non-hydrogen) atoms. The van der Waals surface area contributed by atoms with Crippen LogP contribution in [0, 0.1) is 13.8 Å². The Morgan fingerprint density at radius 1 is 1.44 bits per heavy atom. The Kier molecular flexibility index (Phi) is 3.90. The Labute approximate surface area is 95.5 Å². The van der Waals surface area contributed by atoms with E-state index in [1.807, 2.05) is 26.0 Å². The van der Waals surface area contributed by atoms with Gasteiger partial charge in [-0.2, -0.15) is 0 Å². The minimum absolute atomic E-state index is 0.356. The van der Waals surface area contributed by atoms with Crippen LogP contribution in [0.25, 0.3) is 0 Å². The summed E-state index contributed by atoms with van der Waals surface area (Å²) in [5.74, 6) is 0.284. The van der Waals surface area contributed by atoms with E-state index in [0.29, 0.717) is 11.4 Å². The molecule has 4 nitrogen and oxygen atoms in total. The third-order valence-corrected chi connectivity index (χ3v) is 2.47. The largest absolute Gasteiger partial charge is 0.495 e. The number of ether oxygens (including phenoxy) is 1. The van der Waals surface area contributed by atoms with E-state index >= 15 is 0 Å². The van der Waals surface area contributed by atoms with Crippen molar-refractivity contribution >= 4 is 11.6 Å². The number of amides is 1. The summed E-state index contributed by atoms with van der Waals surface area (Å²) in [6.07, 6.45) is 0. The Morgan fingerprint density at radius 3 is 2.56 bits per heavy atom. The maximum absolute atomic E-state index is 11.4. The molecule has 1 aromatic rings. The zero-order valence-corrected chi connectivity index (χ0v) is 10.1. The summed E-state index contributed by atoms with van der Waals surface area (Å²) in [7, 11) is 3.19. The van der Waals surface area contributed by atoms with Gasteiger partial charge in [0, 0.05) is 7.05 Å². The van der Waals surface area contributed by atoms with Crippen molar-refractivity contribution in [2.45, 2.75) is 13.8 Å². The molecule has 1 aromatic carbocycles. The second-order valence-corrected chi connectivity index (χ2v) is 3.74. The van der Waals surface area contributed by atoms with Gasteiger partial charge in [0.05, 0.1) is 12.8 Å². The van der Waals surface area contributed by atoms with E-state index in [2.05, 4.69) is 0 Å². The van der Waals surface area contributed by atoms with E-state index in [9.17, 15) is 4.79 Å². The van der Waals surface area contributed by atoms with Crippen LogP contribution >= 0.6 is 0 Å². The van der Waals surface area contributed by atoms with Gasteiger partial charge < -0.3 is 14.7 Å². The first-order chi connectivity index (χ1) is 7.51. The number of rotatable bonds is 3. The standard InChI is InChI=1S/C12H17NO3/c1-8-5-9(2)12(10(6-8)16-4)13(3)11(15)7-14/h5-6,14H,7H2,1-4H3. The molecule has 0 aliphatic rings. The van der Waals surface area contributed by atoms with Crippen LogP contribution in [0.4, 0.5) is 5.69 Å². The van der Waals surface area contributed by atoms with Crippen LogP contribution in [-0.2, 0) is 4.79 Å². The fraction of sp³-hybridized carbons (Fsp3) is 0.417. The number of benzene rings is 1. The lowest BCUT2D eigenvalue weighted by Gasteiger charge is -2.21. The maximum atomic E-state index is 11.4. The number of nitrogens with zero attached hydrogens (tertiary/aromatic N) is 1. The molecule has 0 radical (unpaired) electrons. The normalized spacial score (nSPS) is 10.1. The van der Waals surface area contributed by atoms with E-state index in [1.165, 1.54) is 4.90 Å². The van der Waals surface area contributed by atoms with Crippen molar-refractivity contribution in [1.82, 2.24) is 0 Å². The molecule has 0 bridgehead atoms. The molecule has 88 valence electrons. The van der Waals surface area contributed by atoms with Gasteiger partial charge in [-0.15, -0.1) is 0 Å². The Morgan fingerprint density at radius 2 is 2.06 bits per heavy atom. The van der Waals surface area contributed by atoms with Gasteiger partial charge in [0.25, 0.3) is 5.91 Å². The number of hydrogen-bond donors (Lipinski definition) is 1. The summed E-state index contributed by atoms with van der Waals surface area (Å²) in [6.45, 7) is 3.37. The number of aliphatic hydroxyl groups excluding tert-OH is 1. The van der Waals surface area contributed by atoms with Crippen molar-refractivity contribution in [3.63, 3.8) is 0 Å². The van der Waals surface area contributed by atoms with Crippen LogP contribution in [0.3, 0.4) is 0 Å². The average Bonchev–Trinajstić information content (AvgIpc) is 2.26. The lowest BCUT2D eigenvalue weighted by atomic mass is 10.1. The Balaban J connectivity index is 3.26. The van der Waals surface area contributed by atoms with Crippen LogP contribution in [0.15, 0.2) is 12.1 Å². The number of anilines is 1. The number of aliphatic hydroxyl groups is 1. The first-order valence-corrected chi connectivity index (χ1v) is 5.04. The van der Waals surface area contributed by atoms with Gasteiger partial charge in [-0.1, -0.05) is 6.07 Å². The van der Waals surface area contributed by atoms with Gasteiger partial charge >= 0.3 is 0 Å². The minimum Gasteiger partial charge on any atom is -0.495 e. The van der Waals surface area contributed by atoms with Gasteiger partial charge in [-0.05, 0) is 31.0 Å². The molecule has 1 N–H and O–H groups in total. The highest BCUT2D eigenvalue weighted by atomic mass is 16.5. The second-order valence-electron chi connectivity index (χ2n) is 3.74. The van der Waals surface area contributed by atoms with Gasteiger partial charge in [-0.25, -0.2) is 0 Å². The molecular formula is C12H17NO3. The molecule has 0 aliphatic heterocycles. The fourth-order valence-corrected chi connectivity index (χ4v) is 1.74. The van der Waals surface area contributed by atoms with Crippen LogP contribution < -0.4 is 9.64 Å². The van der Waals surface area contributed by atoms with Crippen molar-refractivity contribution < 1.29 is 14.6 Å². The smallest absolute Gasteiger partial charge is 0.252 e. The summed E-state index contributed by atoms with van der Waals surface area (Å²) in [5.41, 5.74) is 2.72. The average molecular weight is 223 g/mol. The Bertz CT molecular complexity index is 401. The number of hydrogen-bond acceptors (Lipinski definition) is 3. The molecule has 1 amide bonds. The van der Waals surface area contributed by atoms with Crippen LogP contribution in [0.5, 0.6) is 5.75 Å². The maximum Gasteiger partial charge on any atom is 0.252 e. The highest BCUT2D eigenvalue weighted by Crippen LogP contribution is 2.32. The second kappa shape index (κ2) is 4.99. The molecule has 0 unspecified atom stereocenters. The van der Waals surface area contributed by atoms with Gasteiger partial charge in [0.1, 0.15) is 12.4 Å². The minimum atomic E-state index is -0.507. The number of likely N-dealkylation sites (N-methyl/N-ethyl adjacent to an activating group) is 1. The molecule has 0 spiro atoms. The SMILES string of the molecule is COc1cc(C)cc(C)c1N(C)C(=O)CO. The highest BCUT2D eigenvalue weighted by Gasteiger charge is 2.17. The first-order valence-electron chi connectivity index (χ1n) is 5.04. The number of carbonyl (C=O) groups is 1. The molecule has 0 saturated heterocycles. The molecular weight excluding hydrogens is 206 g/mol. The van der Waals surface area contributed by atoms with E-state index in [1.54, 1.807) is 14.2 Å². The van der Waals surface area contributed by atoms with Gasteiger partial charge in [0.15, 0.2) is 0 Å². The van der Waals surface area contributed by atoms with Crippen LogP contribution in [0.2, 0.25) is 0 Å². The monoisotopic (exact) mass is 223 g/mol. The lowest BCUT2D eigenvalue weighted by molar-refractivity contribution is -0.121. The lowest BCUT2D eigenvalue weighted by Crippen LogP contribution is -2.29.